The van der Waals surface area contributed by atoms with Crippen molar-refractivity contribution in [2.24, 2.45) is 0 Å². The van der Waals surface area contributed by atoms with E-state index in [9.17, 15) is 0 Å². The van der Waals surface area contributed by atoms with Crippen molar-refractivity contribution in [3.8, 4) is 0 Å². The van der Waals surface area contributed by atoms with Crippen molar-refractivity contribution in [2.75, 3.05) is 6.54 Å². The van der Waals surface area contributed by atoms with Crippen molar-refractivity contribution in [2.45, 2.75) is 36.6 Å². The van der Waals surface area contributed by atoms with Crippen LogP contribution in [0.1, 0.15) is 25.3 Å². The van der Waals surface area contributed by atoms with Crippen molar-refractivity contribution in [1.82, 2.24) is 8.69 Å². The van der Waals surface area contributed by atoms with Crippen LogP contribution in [0.2, 0.25) is 0 Å². The van der Waals surface area contributed by atoms with Crippen LogP contribution in [0.5, 0.6) is 0 Å². The van der Waals surface area contributed by atoms with Crippen LogP contribution in [-0.2, 0) is 0 Å². The Balaban J connectivity index is 2.02. The number of hydrogen-bond donors (Lipinski definition) is 1. The molecule has 0 fully saturated rings. The topological polar surface area (TPSA) is 17.0 Å². The molecule has 0 radical (unpaired) electrons. The second kappa shape index (κ2) is 8.06. The van der Waals surface area contributed by atoms with E-state index in [1.807, 2.05) is 0 Å². The normalized spacial score (nSPS) is 12.6. The highest BCUT2D eigenvalue weighted by Crippen LogP contribution is 2.37. The zero-order valence-corrected chi connectivity index (χ0v) is 15.9. The summed E-state index contributed by atoms with van der Waals surface area (Å²) in [6.07, 6.45) is 2.40. The van der Waals surface area contributed by atoms with Gasteiger partial charge in [0.05, 0.1) is 5.52 Å². The molecule has 0 aliphatic heterocycles. The van der Waals surface area contributed by atoms with Gasteiger partial charge < -0.3 is 0 Å². The van der Waals surface area contributed by atoms with Crippen molar-refractivity contribution in [3.05, 3.63) is 60.2 Å². The van der Waals surface area contributed by atoms with E-state index < -0.39 is 0 Å². The number of nitrogens with zero attached hydrogens (tertiary/aromatic N) is 1. The van der Waals surface area contributed by atoms with Crippen LogP contribution in [0.25, 0.3) is 10.9 Å². The molecule has 0 aliphatic carbocycles. The molecule has 3 aromatic rings. The van der Waals surface area contributed by atoms with Crippen LogP contribution in [0.15, 0.2) is 64.5 Å². The quantitative estimate of drug-likeness (QED) is 0.324. The predicted octanol–water partition coefficient (Wildman–Crippen LogP) is 5.87. The van der Waals surface area contributed by atoms with Crippen LogP contribution >= 0.6 is 22.6 Å². The molecule has 0 bridgehead atoms. The highest BCUT2D eigenvalue weighted by Gasteiger charge is 2.12. The monoisotopic (exact) mass is 356 g/mol. The number of unbranched alkanes of at least 4 members (excludes halogenated alkanes) is 1. The van der Waals surface area contributed by atoms with Gasteiger partial charge >= 0.3 is 0 Å². The summed E-state index contributed by atoms with van der Waals surface area (Å²) in [5, 5.41) is 2.51. The summed E-state index contributed by atoms with van der Waals surface area (Å²) >= 11 is 1.72. The molecular formula is C20H24N2S2. The molecule has 1 aromatic heterocycles. The van der Waals surface area contributed by atoms with Gasteiger partial charge in [-0.3, -0.25) is 8.69 Å². The zero-order valence-electron chi connectivity index (χ0n) is 14.3. The Morgan fingerprint density at radius 1 is 1.12 bits per heavy atom. The highest BCUT2D eigenvalue weighted by molar-refractivity contribution is 8.13. The molecule has 0 aliphatic rings. The zero-order chi connectivity index (χ0) is 16.9. The van der Waals surface area contributed by atoms with Crippen LogP contribution in [0.3, 0.4) is 0 Å². The molecule has 0 saturated heterocycles. The molecule has 1 N–H and O–H groups in total. The van der Waals surface area contributed by atoms with E-state index in [2.05, 4.69) is 83.0 Å². The van der Waals surface area contributed by atoms with E-state index in [0.717, 1.165) is 6.54 Å². The first-order valence-electron chi connectivity index (χ1n) is 8.32. The second-order valence-corrected chi connectivity index (χ2v) is 8.34. The standard InChI is InChI=1S/C20H24N2S2/c1-4-5-13-21-23-20-15-17-12-11-16(2)14-19(17)22(20)24(3)18-9-7-6-8-10-18/h6-12,14-15,21H,3-5,13H2,1-2H3. The van der Waals surface area contributed by atoms with E-state index in [4.69, 9.17) is 0 Å². The molecule has 1 unspecified atom stereocenters. The first-order chi connectivity index (χ1) is 11.7. The van der Waals surface area contributed by atoms with E-state index in [-0.39, 0.29) is 10.7 Å². The minimum absolute atomic E-state index is 0.261. The molecule has 0 amide bonds. The van der Waals surface area contributed by atoms with Gasteiger partial charge in [0.1, 0.15) is 5.03 Å². The Kier molecular flexibility index (Phi) is 5.82. The van der Waals surface area contributed by atoms with Gasteiger partial charge in [-0.2, -0.15) is 0 Å². The van der Waals surface area contributed by atoms with Crippen LogP contribution < -0.4 is 4.72 Å². The van der Waals surface area contributed by atoms with Crippen LogP contribution in [-0.4, -0.2) is 16.4 Å². The van der Waals surface area contributed by atoms with Crippen LogP contribution in [0, 0.1) is 6.92 Å². The maximum absolute atomic E-state index is 4.49. The third-order valence-corrected chi connectivity index (χ3v) is 6.55. The summed E-state index contributed by atoms with van der Waals surface area (Å²) in [6, 6.07) is 19.5. The van der Waals surface area contributed by atoms with Crippen molar-refractivity contribution in [1.29, 1.82) is 0 Å². The third-order valence-electron chi connectivity index (χ3n) is 3.93. The second-order valence-electron chi connectivity index (χ2n) is 5.87. The number of hydrogen-bond acceptors (Lipinski definition) is 2. The fourth-order valence-corrected chi connectivity index (χ4v) is 5.11. The van der Waals surface area contributed by atoms with Crippen molar-refractivity contribution in [3.63, 3.8) is 0 Å². The maximum atomic E-state index is 4.49. The predicted molar refractivity (Wildman–Crippen MR) is 110 cm³/mol. The lowest BCUT2D eigenvalue weighted by Gasteiger charge is -2.15. The minimum atomic E-state index is -0.261. The van der Waals surface area contributed by atoms with Gasteiger partial charge in [-0.25, -0.2) is 0 Å². The van der Waals surface area contributed by atoms with E-state index >= 15 is 0 Å². The van der Waals surface area contributed by atoms with E-state index in [0.29, 0.717) is 0 Å². The Bertz CT molecular complexity index is 837. The lowest BCUT2D eigenvalue weighted by Crippen LogP contribution is -2.06. The average molecular weight is 357 g/mol. The lowest BCUT2D eigenvalue weighted by molar-refractivity contribution is 0.775. The fraction of sp³-hybridized carbons (Fsp3) is 0.250. The molecule has 0 saturated carbocycles. The number of benzene rings is 2. The maximum Gasteiger partial charge on any atom is 0.101 e. The van der Waals surface area contributed by atoms with Gasteiger partial charge in [0, 0.05) is 16.8 Å². The molecule has 3 rings (SSSR count). The Hall–Kier alpha value is -1.49. The van der Waals surface area contributed by atoms with Gasteiger partial charge in [-0.15, -0.1) is 0 Å². The Morgan fingerprint density at radius 2 is 1.92 bits per heavy atom. The van der Waals surface area contributed by atoms with Gasteiger partial charge in [0.25, 0.3) is 0 Å². The van der Waals surface area contributed by atoms with E-state index in [1.165, 1.54) is 39.2 Å². The average Bonchev–Trinajstić information content (AvgIpc) is 2.96. The summed E-state index contributed by atoms with van der Waals surface area (Å²) in [5.74, 6) is 4.49. The molecule has 1 heterocycles. The molecule has 24 heavy (non-hydrogen) atoms. The molecule has 2 aromatic carbocycles. The first kappa shape index (κ1) is 17.3. The largest absolute Gasteiger partial charge is 0.279 e. The first-order valence-corrected chi connectivity index (χ1v) is 10.5. The van der Waals surface area contributed by atoms with Gasteiger partial charge in [0.2, 0.25) is 0 Å². The van der Waals surface area contributed by atoms with Crippen LogP contribution in [0.4, 0.5) is 0 Å². The number of aryl methyl sites for hydroxylation is 1. The lowest BCUT2D eigenvalue weighted by atomic mass is 10.2. The number of fused-ring (bicyclic) bond motifs is 1. The third kappa shape index (κ3) is 3.77. The molecular weight excluding hydrogens is 332 g/mol. The fourth-order valence-electron chi connectivity index (χ4n) is 2.62. The SMILES string of the molecule is C=S(c1ccccc1)n1c(SNCCCC)cc2ccc(C)cc21. The molecule has 126 valence electrons. The van der Waals surface area contributed by atoms with Gasteiger partial charge in [-0.1, -0.05) is 60.2 Å². The van der Waals surface area contributed by atoms with Crippen molar-refractivity contribution < 1.29 is 0 Å². The number of aromatic nitrogens is 1. The minimum Gasteiger partial charge on any atom is -0.279 e. The summed E-state index contributed by atoms with van der Waals surface area (Å²) < 4.78 is 5.87. The number of rotatable bonds is 7. The van der Waals surface area contributed by atoms with Gasteiger partial charge in [-0.05, 0) is 55.1 Å². The molecule has 2 nitrogen and oxygen atoms in total. The van der Waals surface area contributed by atoms with Crippen molar-refractivity contribution >= 4 is 39.4 Å². The van der Waals surface area contributed by atoms with Gasteiger partial charge in [0.15, 0.2) is 0 Å². The molecule has 4 heteroatoms. The molecule has 0 spiro atoms. The highest BCUT2D eigenvalue weighted by atomic mass is 32.2. The molecule has 1 atom stereocenters. The Morgan fingerprint density at radius 3 is 2.67 bits per heavy atom. The summed E-state index contributed by atoms with van der Waals surface area (Å²) in [5.41, 5.74) is 2.54. The summed E-state index contributed by atoms with van der Waals surface area (Å²) in [6.45, 7) is 5.39. The summed E-state index contributed by atoms with van der Waals surface area (Å²) in [4.78, 5) is 1.26. The summed E-state index contributed by atoms with van der Waals surface area (Å²) in [7, 11) is -0.261. The Labute approximate surface area is 151 Å². The smallest absolute Gasteiger partial charge is 0.101 e. The van der Waals surface area contributed by atoms with E-state index in [1.54, 1.807) is 11.9 Å². The number of nitrogens with one attached hydrogen (secondary N) is 1.